The average Bonchev–Trinajstić information content (AvgIpc) is 2.70. The van der Waals surface area contributed by atoms with Crippen molar-refractivity contribution >= 4 is 14.3 Å². The van der Waals surface area contributed by atoms with Crippen LogP contribution in [0.5, 0.6) is 5.75 Å². The van der Waals surface area contributed by atoms with E-state index in [1.165, 1.54) is 0 Å². The van der Waals surface area contributed by atoms with Crippen molar-refractivity contribution in [1.82, 2.24) is 0 Å². The number of rotatable bonds is 13. The highest BCUT2D eigenvalue weighted by atomic mass is 28.4. The quantitative estimate of drug-likeness (QED) is 0.159. The van der Waals surface area contributed by atoms with Crippen molar-refractivity contribution in [2.45, 2.75) is 77.8 Å². The fraction of sp³-hybridized carbons (Fsp3) is 0.600. The summed E-state index contributed by atoms with van der Waals surface area (Å²) >= 11 is 0. The second-order valence-corrected chi connectivity index (χ2v) is 13.8. The molecule has 31 heavy (non-hydrogen) atoms. The van der Waals surface area contributed by atoms with Gasteiger partial charge in [-0.15, -0.1) is 5.73 Å². The summed E-state index contributed by atoms with van der Waals surface area (Å²) in [6.07, 6.45) is 5.49. The largest absolute Gasteiger partial charge is 0.497 e. The first-order valence-electron chi connectivity index (χ1n) is 11.0. The Morgan fingerprint density at radius 3 is 2.42 bits per heavy atom. The summed E-state index contributed by atoms with van der Waals surface area (Å²) in [4.78, 5) is 11.4. The lowest BCUT2D eigenvalue weighted by Gasteiger charge is -2.39. The minimum atomic E-state index is -1.90. The maximum absolute atomic E-state index is 11.4. The van der Waals surface area contributed by atoms with Gasteiger partial charge in [-0.05, 0) is 67.7 Å². The average molecular weight is 449 g/mol. The summed E-state index contributed by atoms with van der Waals surface area (Å²) in [7, 11) is -0.240. The van der Waals surface area contributed by atoms with Crippen LogP contribution in [0.2, 0.25) is 18.1 Å². The van der Waals surface area contributed by atoms with E-state index in [4.69, 9.17) is 18.6 Å². The van der Waals surface area contributed by atoms with Crippen molar-refractivity contribution in [2.24, 2.45) is 0 Å². The molecule has 0 amide bonds. The molecule has 0 aliphatic carbocycles. The fourth-order valence-corrected chi connectivity index (χ4v) is 3.99. The Morgan fingerprint density at radius 1 is 1.16 bits per heavy atom. The van der Waals surface area contributed by atoms with Crippen LogP contribution in [0.3, 0.4) is 0 Å². The zero-order valence-corrected chi connectivity index (χ0v) is 21.3. The molecule has 0 fully saturated rings. The lowest BCUT2D eigenvalue weighted by Crippen LogP contribution is -2.44. The van der Waals surface area contributed by atoms with Crippen molar-refractivity contribution in [1.29, 1.82) is 0 Å². The van der Waals surface area contributed by atoms with E-state index in [2.05, 4.69) is 39.6 Å². The number of hydrogen-bond donors (Lipinski definition) is 0. The molecular formula is C25H40O5Si. The molecule has 0 spiro atoms. The first-order chi connectivity index (χ1) is 14.6. The van der Waals surface area contributed by atoms with Gasteiger partial charge >= 0.3 is 5.97 Å². The number of ether oxygens (including phenoxy) is 3. The predicted octanol–water partition coefficient (Wildman–Crippen LogP) is 6.05. The normalized spacial score (nSPS) is 12.6. The van der Waals surface area contributed by atoms with Crippen LogP contribution in [0, 0.1) is 0 Å². The summed E-state index contributed by atoms with van der Waals surface area (Å²) in [5.74, 6) is 0.610. The predicted molar refractivity (Wildman–Crippen MR) is 128 cm³/mol. The van der Waals surface area contributed by atoms with Gasteiger partial charge in [0.15, 0.2) is 8.32 Å². The maximum Gasteiger partial charge on any atom is 0.310 e. The standard InChI is InChI=1S/C25H40O5Si/c1-8-29-24(26)13-11-9-10-12-23(30-31(6,7)25(2,3)4)18-19-28-20-21-14-16-22(27-5)17-15-21/h10-11,14-17,23H,8,12-13,18-20H2,1-7H3/t9?,23-/m0/s1. The lowest BCUT2D eigenvalue weighted by molar-refractivity contribution is -0.142. The fourth-order valence-electron chi connectivity index (χ4n) is 2.59. The Hall–Kier alpha value is -1.85. The first-order valence-corrected chi connectivity index (χ1v) is 13.9. The van der Waals surface area contributed by atoms with Crippen LogP contribution in [0.1, 0.15) is 52.5 Å². The van der Waals surface area contributed by atoms with E-state index < -0.39 is 8.32 Å². The van der Waals surface area contributed by atoms with Gasteiger partial charge < -0.3 is 18.6 Å². The van der Waals surface area contributed by atoms with Crippen molar-refractivity contribution in [3.8, 4) is 5.75 Å². The Bertz CT molecular complexity index is 712. The zero-order chi connectivity index (χ0) is 23.3. The van der Waals surface area contributed by atoms with Gasteiger partial charge in [0.05, 0.1) is 32.8 Å². The molecule has 0 aromatic heterocycles. The van der Waals surface area contributed by atoms with E-state index in [1.807, 2.05) is 30.3 Å². The number of hydrogen-bond acceptors (Lipinski definition) is 5. The molecule has 0 aliphatic rings. The monoisotopic (exact) mass is 448 g/mol. The van der Waals surface area contributed by atoms with Gasteiger partial charge in [-0.2, -0.15) is 0 Å². The molecule has 0 aliphatic heterocycles. The van der Waals surface area contributed by atoms with Gasteiger partial charge in [0.1, 0.15) is 5.75 Å². The molecule has 1 rings (SSSR count). The van der Waals surface area contributed by atoms with Gasteiger partial charge in [0.25, 0.3) is 0 Å². The molecule has 0 bridgehead atoms. The highest BCUT2D eigenvalue weighted by Crippen LogP contribution is 2.38. The summed E-state index contributed by atoms with van der Waals surface area (Å²) < 4.78 is 22.6. The van der Waals surface area contributed by atoms with Crippen LogP contribution >= 0.6 is 0 Å². The number of carbonyl (C=O) groups excluding carboxylic acids is 1. The van der Waals surface area contributed by atoms with Gasteiger partial charge in [0.2, 0.25) is 0 Å². The summed E-state index contributed by atoms with van der Waals surface area (Å²) in [6.45, 7) is 14.6. The van der Waals surface area contributed by atoms with Gasteiger partial charge in [-0.3, -0.25) is 4.79 Å². The van der Waals surface area contributed by atoms with Crippen molar-refractivity contribution in [2.75, 3.05) is 20.3 Å². The molecule has 0 N–H and O–H groups in total. The van der Waals surface area contributed by atoms with Crippen LogP contribution in [0.25, 0.3) is 0 Å². The van der Waals surface area contributed by atoms with Gasteiger partial charge in [-0.25, -0.2) is 0 Å². The van der Waals surface area contributed by atoms with Crippen LogP contribution in [0.15, 0.2) is 42.1 Å². The summed E-state index contributed by atoms with van der Waals surface area (Å²) in [6, 6.07) is 7.91. The summed E-state index contributed by atoms with van der Waals surface area (Å²) in [5.41, 5.74) is 4.20. The van der Waals surface area contributed by atoms with Crippen molar-refractivity contribution in [3.05, 3.63) is 47.7 Å². The Morgan fingerprint density at radius 2 is 1.84 bits per heavy atom. The van der Waals surface area contributed by atoms with Gasteiger partial charge in [-0.1, -0.05) is 32.9 Å². The molecule has 0 saturated heterocycles. The molecule has 0 saturated carbocycles. The highest BCUT2D eigenvalue weighted by Gasteiger charge is 2.38. The topological polar surface area (TPSA) is 54.0 Å². The van der Waals surface area contributed by atoms with E-state index in [-0.39, 0.29) is 23.5 Å². The maximum atomic E-state index is 11.4. The van der Waals surface area contributed by atoms with Gasteiger partial charge in [0, 0.05) is 6.61 Å². The molecule has 5 nitrogen and oxygen atoms in total. The minimum Gasteiger partial charge on any atom is -0.497 e. The molecule has 0 radical (unpaired) electrons. The van der Waals surface area contributed by atoms with E-state index in [0.29, 0.717) is 19.8 Å². The highest BCUT2D eigenvalue weighted by molar-refractivity contribution is 6.74. The summed E-state index contributed by atoms with van der Waals surface area (Å²) in [5, 5.41) is 0.138. The molecule has 0 unspecified atom stereocenters. The van der Waals surface area contributed by atoms with Crippen LogP contribution < -0.4 is 4.74 Å². The second-order valence-electron chi connectivity index (χ2n) is 9.01. The molecule has 1 aromatic rings. The number of esters is 1. The zero-order valence-electron chi connectivity index (χ0n) is 20.3. The van der Waals surface area contributed by atoms with E-state index in [9.17, 15) is 4.79 Å². The van der Waals surface area contributed by atoms with Crippen LogP contribution in [-0.4, -0.2) is 40.7 Å². The Kier molecular flexibility index (Phi) is 11.9. The molecule has 0 heterocycles. The van der Waals surface area contributed by atoms with Crippen LogP contribution in [0.4, 0.5) is 0 Å². The molecular weight excluding hydrogens is 408 g/mol. The SMILES string of the molecule is CCOC(=O)CC=C=CC[C@@H](CCOCc1ccc(OC)cc1)O[Si](C)(C)C(C)(C)C. The number of carbonyl (C=O) groups is 1. The third-order valence-corrected chi connectivity index (χ3v) is 10.0. The molecule has 1 aromatic carbocycles. The van der Waals surface area contributed by atoms with Crippen LogP contribution in [-0.2, 0) is 25.3 Å². The van der Waals surface area contributed by atoms with E-state index >= 15 is 0 Å². The van der Waals surface area contributed by atoms with Crippen molar-refractivity contribution < 1.29 is 23.4 Å². The molecule has 1 atom stereocenters. The lowest BCUT2D eigenvalue weighted by atomic mass is 10.2. The number of methoxy groups -OCH3 is 1. The Labute approximate surface area is 189 Å². The first kappa shape index (κ1) is 27.2. The third-order valence-electron chi connectivity index (χ3n) is 5.47. The molecule has 174 valence electrons. The van der Waals surface area contributed by atoms with E-state index in [0.717, 1.165) is 24.2 Å². The smallest absolute Gasteiger partial charge is 0.310 e. The number of benzene rings is 1. The minimum absolute atomic E-state index is 0.0558. The Balaban J connectivity index is 2.62. The third kappa shape index (κ3) is 10.8. The second kappa shape index (κ2) is 13.5. The van der Waals surface area contributed by atoms with E-state index in [1.54, 1.807) is 20.1 Å². The van der Waals surface area contributed by atoms with Crippen molar-refractivity contribution in [3.63, 3.8) is 0 Å². The molecule has 6 heteroatoms.